The maximum Gasteiger partial charge on any atom is 0.240 e. The fraction of sp³-hybridized carbons (Fsp3) is 0.571. The first kappa shape index (κ1) is 17.0. The molecular formula is C14H23N3O4S. The second-order valence-electron chi connectivity index (χ2n) is 5.01. The Labute approximate surface area is 131 Å². The van der Waals surface area contributed by atoms with E-state index < -0.39 is 10.0 Å². The second kappa shape index (κ2) is 7.77. The van der Waals surface area contributed by atoms with E-state index in [4.69, 9.17) is 9.47 Å². The van der Waals surface area contributed by atoms with E-state index in [1.807, 2.05) is 0 Å². The Morgan fingerprint density at radius 1 is 1.18 bits per heavy atom. The number of hydrogen-bond acceptors (Lipinski definition) is 6. The number of rotatable bonds is 7. The third-order valence-corrected chi connectivity index (χ3v) is 5.05. The van der Waals surface area contributed by atoms with E-state index in [0.717, 1.165) is 26.2 Å². The Balaban J connectivity index is 1.97. The van der Waals surface area contributed by atoms with Crippen molar-refractivity contribution in [2.75, 3.05) is 53.5 Å². The van der Waals surface area contributed by atoms with Crippen LogP contribution in [0.5, 0.6) is 11.5 Å². The molecule has 0 radical (unpaired) electrons. The minimum absolute atomic E-state index is 0.172. The second-order valence-corrected chi connectivity index (χ2v) is 6.77. The number of nitrogens with one attached hydrogen (secondary N) is 2. The van der Waals surface area contributed by atoms with Gasteiger partial charge in [-0.05, 0) is 12.1 Å². The Hall–Kier alpha value is -1.35. The zero-order valence-corrected chi connectivity index (χ0v) is 13.8. The van der Waals surface area contributed by atoms with E-state index >= 15 is 0 Å². The van der Waals surface area contributed by atoms with Gasteiger partial charge in [0, 0.05) is 45.3 Å². The maximum absolute atomic E-state index is 12.3. The molecule has 124 valence electrons. The largest absolute Gasteiger partial charge is 0.493 e. The van der Waals surface area contributed by atoms with Gasteiger partial charge in [-0.25, -0.2) is 13.1 Å². The highest BCUT2D eigenvalue weighted by atomic mass is 32.2. The molecule has 0 bridgehead atoms. The lowest BCUT2D eigenvalue weighted by molar-refractivity contribution is 0.245. The number of sulfonamides is 1. The van der Waals surface area contributed by atoms with Crippen LogP contribution in [0.25, 0.3) is 0 Å². The molecule has 0 unspecified atom stereocenters. The molecule has 2 rings (SSSR count). The first-order valence-electron chi connectivity index (χ1n) is 7.21. The summed E-state index contributed by atoms with van der Waals surface area (Å²) in [5, 5.41) is 3.26. The van der Waals surface area contributed by atoms with Crippen molar-refractivity contribution in [3.63, 3.8) is 0 Å². The number of nitrogens with zero attached hydrogens (tertiary/aromatic N) is 1. The predicted molar refractivity (Wildman–Crippen MR) is 84.0 cm³/mol. The number of piperazine rings is 1. The van der Waals surface area contributed by atoms with Crippen LogP contribution in [0.2, 0.25) is 0 Å². The number of hydrogen-bond donors (Lipinski definition) is 2. The molecule has 0 spiro atoms. The summed E-state index contributed by atoms with van der Waals surface area (Å²) in [4.78, 5) is 2.40. The third kappa shape index (κ3) is 4.33. The Bertz CT molecular complexity index is 586. The van der Waals surface area contributed by atoms with E-state index in [9.17, 15) is 8.42 Å². The van der Waals surface area contributed by atoms with Gasteiger partial charge in [-0.3, -0.25) is 4.90 Å². The van der Waals surface area contributed by atoms with Gasteiger partial charge in [-0.15, -0.1) is 0 Å². The van der Waals surface area contributed by atoms with E-state index in [2.05, 4.69) is 14.9 Å². The Morgan fingerprint density at radius 3 is 2.50 bits per heavy atom. The summed E-state index contributed by atoms with van der Waals surface area (Å²) in [6, 6.07) is 4.56. The van der Waals surface area contributed by atoms with Gasteiger partial charge in [0.05, 0.1) is 19.1 Å². The smallest absolute Gasteiger partial charge is 0.240 e. The van der Waals surface area contributed by atoms with Crippen molar-refractivity contribution in [2.45, 2.75) is 4.90 Å². The minimum Gasteiger partial charge on any atom is -0.493 e. The van der Waals surface area contributed by atoms with Gasteiger partial charge >= 0.3 is 0 Å². The molecule has 1 aliphatic heterocycles. The average Bonchev–Trinajstić information content (AvgIpc) is 2.55. The van der Waals surface area contributed by atoms with Crippen LogP contribution in [-0.4, -0.2) is 66.8 Å². The van der Waals surface area contributed by atoms with Crippen molar-refractivity contribution in [3.05, 3.63) is 18.2 Å². The molecule has 1 aromatic carbocycles. The maximum atomic E-state index is 12.3. The summed E-state index contributed by atoms with van der Waals surface area (Å²) >= 11 is 0. The summed E-state index contributed by atoms with van der Waals surface area (Å²) in [6.07, 6.45) is 0. The van der Waals surface area contributed by atoms with Gasteiger partial charge in [0.1, 0.15) is 0 Å². The molecule has 0 aromatic heterocycles. The topological polar surface area (TPSA) is 79.9 Å². The van der Waals surface area contributed by atoms with Crippen molar-refractivity contribution in [1.82, 2.24) is 14.9 Å². The highest BCUT2D eigenvalue weighted by Crippen LogP contribution is 2.29. The molecule has 8 heteroatoms. The van der Waals surface area contributed by atoms with Crippen LogP contribution in [0.15, 0.2) is 23.1 Å². The van der Waals surface area contributed by atoms with Crippen LogP contribution in [0.3, 0.4) is 0 Å². The van der Waals surface area contributed by atoms with Gasteiger partial charge in [0.25, 0.3) is 0 Å². The van der Waals surface area contributed by atoms with Gasteiger partial charge in [-0.2, -0.15) is 0 Å². The molecule has 22 heavy (non-hydrogen) atoms. The van der Waals surface area contributed by atoms with Crippen molar-refractivity contribution in [1.29, 1.82) is 0 Å². The minimum atomic E-state index is -3.55. The van der Waals surface area contributed by atoms with Crippen LogP contribution in [-0.2, 0) is 10.0 Å². The first-order valence-corrected chi connectivity index (χ1v) is 8.70. The van der Waals surface area contributed by atoms with E-state index in [1.54, 1.807) is 6.07 Å². The molecule has 1 heterocycles. The standard InChI is InChI=1S/C14H23N3O4S/c1-20-13-4-3-12(11-14(13)21-2)22(18,19)16-7-10-17-8-5-15-6-9-17/h3-4,11,15-16H,5-10H2,1-2H3. The first-order chi connectivity index (χ1) is 10.6. The number of ether oxygens (including phenoxy) is 2. The van der Waals surface area contributed by atoms with Crippen molar-refractivity contribution in [2.24, 2.45) is 0 Å². The van der Waals surface area contributed by atoms with Crippen LogP contribution >= 0.6 is 0 Å². The molecule has 1 aromatic rings. The molecule has 1 aliphatic rings. The molecule has 2 N–H and O–H groups in total. The lowest BCUT2D eigenvalue weighted by Crippen LogP contribution is -2.46. The zero-order chi connectivity index (χ0) is 16.0. The van der Waals surface area contributed by atoms with Crippen molar-refractivity contribution in [3.8, 4) is 11.5 Å². The molecule has 0 saturated carbocycles. The van der Waals surface area contributed by atoms with Crippen LogP contribution in [0, 0.1) is 0 Å². The normalized spacial score (nSPS) is 16.5. The summed E-state index contributed by atoms with van der Waals surface area (Å²) < 4.78 is 37.5. The molecule has 0 aliphatic carbocycles. The molecule has 1 saturated heterocycles. The average molecular weight is 329 g/mol. The van der Waals surface area contributed by atoms with Crippen LogP contribution < -0.4 is 19.5 Å². The Morgan fingerprint density at radius 2 is 1.86 bits per heavy atom. The summed E-state index contributed by atoms with van der Waals surface area (Å²) in [5.41, 5.74) is 0. The van der Waals surface area contributed by atoms with E-state index in [-0.39, 0.29) is 4.90 Å². The zero-order valence-electron chi connectivity index (χ0n) is 13.0. The molecule has 0 amide bonds. The number of benzene rings is 1. The summed E-state index contributed by atoms with van der Waals surface area (Å²) in [5.74, 6) is 0.898. The quantitative estimate of drug-likeness (QED) is 0.726. The van der Waals surface area contributed by atoms with E-state index in [1.165, 1.54) is 26.4 Å². The van der Waals surface area contributed by atoms with Crippen LogP contribution in [0.4, 0.5) is 0 Å². The number of methoxy groups -OCH3 is 2. The molecule has 1 fully saturated rings. The van der Waals surface area contributed by atoms with Crippen molar-refractivity contribution >= 4 is 10.0 Å². The van der Waals surface area contributed by atoms with Gasteiger partial charge in [-0.1, -0.05) is 0 Å². The lowest BCUT2D eigenvalue weighted by Gasteiger charge is -2.27. The van der Waals surface area contributed by atoms with Gasteiger partial charge in [0.15, 0.2) is 11.5 Å². The lowest BCUT2D eigenvalue weighted by atomic mass is 10.3. The predicted octanol–water partition coefficient (Wildman–Crippen LogP) is -0.113. The fourth-order valence-corrected chi connectivity index (χ4v) is 3.38. The van der Waals surface area contributed by atoms with E-state index in [0.29, 0.717) is 24.6 Å². The molecule has 0 atom stereocenters. The fourth-order valence-electron chi connectivity index (χ4n) is 2.34. The highest BCUT2D eigenvalue weighted by molar-refractivity contribution is 7.89. The van der Waals surface area contributed by atoms with Gasteiger partial charge in [0.2, 0.25) is 10.0 Å². The summed E-state index contributed by atoms with van der Waals surface area (Å²) in [7, 11) is -0.557. The molecule has 7 nitrogen and oxygen atoms in total. The molecular weight excluding hydrogens is 306 g/mol. The SMILES string of the molecule is COc1ccc(S(=O)(=O)NCCN2CCNCC2)cc1OC. The van der Waals surface area contributed by atoms with Crippen LogP contribution in [0.1, 0.15) is 0 Å². The highest BCUT2D eigenvalue weighted by Gasteiger charge is 2.17. The summed E-state index contributed by atoms with van der Waals surface area (Å²) in [6.45, 7) is 4.87. The third-order valence-electron chi connectivity index (χ3n) is 3.60. The van der Waals surface area contributed by atoms with Crippen molar-refractivity contribution < 1.29 is 17.9 Å². The Kier molecular flexibility index (Phi) is 6.01. The monoisotopic (exact) mass is 329 g/mol. The van der Waals surface area contributed by atoms with Gasteiger partial charge < -0.3 is 14.8 Å².